The van der Waals surface area contributed by atoms with Crippen molar-refractivity contribution in [2.24, 2.45) is 0 Å². The van der Waals surface area contributed by atoms with E-state index in [4.69, 9.17) is 16.3 Å². The number of halogens is 1. The van der Waals surface area contributed by atoms with Crippen LogP contribution in [0.15, 0.2) is 42.5 Å². The molecule has 0 aliphatic rings. The molecule has 17 heavy (non-hydrogen) atoms. The highest BCUT2D eigenvalue weighted by atomic mass is 35.5. The van der Waals surface area contributed by atoms with Gasteiger partial charge in [-0.2, -0.15) is 0 Å². The minimum Gasteiger partial charge on any atom is -0.508 e. The minimum atomic E-state index is 0.276. The molecular weight excluding hydrogens is 236 g/mol. The van der Waals surface area contributed by atoms with Crippen molar-refractivity contribution in [3.05, 3.63) is 58.6 Å². The van der Waals surface area contributed by atoms with Crippen molar-refractivity contribution in [2.45, 2.75) is 13.5 Å². The van der Waals surface area contributed by atoms with Gasteiger partial charge in [-0.1, -0.05) is 17.7 Å². The van der Waals surface area contributed by atoms with E-state index >= 15 is 0 Å². The maximum atomic E-state index is 9.30. The maximum absolute atomic E-state index is 9.30. The zero-order valence-corrected chi connectivity index (χ0v) is 10.2. The Morgan fingerprint density at radius 2 is 1.82 bits per heavy atom. The molecule has 0 heterocycles. The van der Waals surface area contributed by atoms with Crippen LogP contribution in [-0.2, 0) is 6.61 Å². The van der Waals surface area contributed by atoms with E-state index in [-0.39, 0.29) is 5.75 Å². The van der Waals surface area contributed by atoms with Crippen molar-refractivity contribution in [3.8, 4) is 11.5 Å². The van der Waals surface area contributed by atoms with Crippen LogP contribution in [0.5, 0.6) is 11.5 Å². The van der Waals surface area contributed by atoms with E-state index in [0.717, 1.165) is 16.9 Å². The molecule has 88 valence electrons. The highest BCUT2D eigenvalue weighted by molar-refractivity contribution is 6.30. The summed E-state index contributed by atoms with van der Waals surface area (Å²) in [7, 11) is 0. The van der Waals surface area contributed by atoms with Gasteiger partial charge in [0, 0.05) is 5.02 Å². The van der Waals surface area contributed by atoms with E-state index in [0.29, 0.717) is 11.6 Å². The van der Waals surface area contributed by atoms with Crippen LogP contribution in [0, 0.1) is 6.92 Å². The molecule has 0 aliphatic heterocycles. The van der Waals surface area contributed by atoms with E-state index in [2.05, 4.69) is 0 Å². The molecule has 0 aromatic heterocycles. The Morgan fingerprint density at radius 1 is 1.12 bits per heavy atom. The second-order valence-corrected chi connectivity index (χ2v) is 4.29. The number of aromatic hydroxyl groups is 1. The highest BCUT2D eigenvalue weighted by Gasteiger charge is 2.01. The number of rotatable bonds is 3. The van der Waals surface area contributed by atoms with Gasteiger partial charge in [-0.25, -0.2) is 0 Å². The quantitative estimate of drug-likeness (QED) is 0.892. The minimum absolute atomic E-state index is 0.276. The Morgan fingerprint density at radius 3 is 2.47 bits per heavy atom. The van der Waals surface area contributed by atoms with Gasteiger partial charge < -0.3 is 9.84 Å². The van der Waals surface area contributed by atoms with Crippen molar-refractivity contribution >= 4 is 11.6 Å². The number of hydrogen-bond acceptors (Lipinski definition) is 2. The van der Waals surface area contributed by atoms with Crippen molar-refractivity contribution in [1.29, 1.82) is 0 Å². The van der Waals surface area contributed by atoms with Gasteiger partial charge >= 0.3 is 0 Å². The van der Waals surface area contributed by atoms with Crippen LogP contribution in [-0.4, -0.2) is 5.11 Å². The third-order valence-electron chi connectivity index (χ3n) is 2.53. The monoisotopic (exact) mass is 248 g/mol. The lowest BCUT2D eigenvalue weighted by atomic mass is 10.1. The fraction of sp³-hybridized carbons (Fsp3) is 0.143. The van der Waals surface area contributed by atoms with Crippen molar-refractivity contribution < 1.29 is 9.84 Å². The second-order valence-electron chi connectivity index (χ2n) is 3.85. The van der Waals surface area contributed by atoms with Crippen LogP contribution in [0.4, 0.5) is 0 Å². The first-order chi connectivity index (χ1) is 8.15. The molecule has 0 radical (unpaired) electrons. The van der Waals surface area contributed by atoms with Crippen LogP contribution in [0.25, 0.3) is 0 Å². The molecule has 2 nitrogen and oxygen atoms in total. The van der Waals surface area contributed by atoms with Gasteiger partial charge in [0.15, 0.2) is 0 Å². The predicted molar refractivity (Wildman–Crippen MR) is 68.6 cm³/mol. The van der Waals surface area contributed by atoms with Gasteiger partial charge in [0.05, 0.1) is 0 Å². The summed E-state index contributed by atoms with van der Waals surface area (Å²) in [6.07, 6.45) is 0. The Kier molecular flexibility index (Phi) is 3.55. The largest absolute Gasteiger partial charge is 0.508 e. The molecule has 0 spiro atoms. The topological polar surface area (TPSA) is 29.5 Å². The van der Waals surface area contributed by atoms with Crippen LogP contribution in [0.2, 0.25) is 5.02 Å². The van der Waals surface area contributed by atoms with Gasteiger partial charge in [0.25, 0.3) is 0 Å². The Bertz CT molecular complexity index is 506. The first-order valence-corrected chi connectivity index (χ1v) is 5.70. The summed E-state index contributed by atoms with van der Waals surface area (Å²) in [5.41, 5.74) is 2.07. The second kappa shape index (κ2) is 5.11. The van der Waals surface area contributed by atoms with E-state index in [1.165, 1.54) is 0 Å². The number of benzene rings is 2. The summed E-state index contributed by atoms with van der Waals surface area (Å²) in [5.74, 6) is 1.06. The number of ether oxygens (including phenoxy) is 1. The van der Waals surface area contributed by atoms with Gasteiger partial charge in [-0.3, -0.25) is 0 Å². The SMILES string of the molecule is Cc1cc(O)ccc1COc1ccc(Cl)cc1. The zero-order valence-electron chi connectivity index (χ0n) is 9.48. The Balaban J connectivity index is 2.04. The lowest BCUT2D eigenvalue weighted by Crippen LogP contribution is -1.97. The molecule has 0 saturated carbocycles. The molecule has 1 N–H and O–H groups in total. The molecular formula is C14H13ClO2. The molecule has 0 aliphatic carbocycles. The summed E-state index contributed by atoms with van der Waals surface area (Å²) in [5, 5.41) is 9.99. The smallest absolute Gasteiger partial charge is 0.119 e. The van der Waals surface area contributed by atoms with Crippen molar-refractivity contribution in [3.63, 3.8) is 0 Å². The summed E-state index contributed by atoms with van der Waals surface area (Å²) in [6, 6.07) is 12.5. The molecule has 0 fully saturated rings. The van der Waals surface area contributed by atoms with Crippen LogP contribution < -0.4 is 4.74 Å². The van der Waals surface area contributed by atoms with Crippen LogP contribution >= 0.6 is 11.6 Å². The van der Waals surface area contributed by atoms with Gasteiger partial charge in [-0.15, -0.1) is 0 Å². The van der Waals surface area contributed by atoms with E-state index in [9.17, 15) is 5.11 Å². The fourth-order valence-electron chi connectivity index (χ4n) is 1.53. The highest BCUT2D eigenvalue weighted by Crippen LogP contribution is 2.19. The molecule has 0 atom stereocenters. The van der Waals surface area contributed by atoms with Gasteiger partial charge in [0.2, 0.25) is 0 Å². The summed E-state index contributed by atoms with van der Waals surface area (Å²) in [4.78, 5) is 0. The predicted octanol–water partition coefficient (Wildman–Crippen LogP) is 3.93. The van der Waals surface area contributed by atoms with E-state index in [1.807, 2.05) is 25.1 Å². The number of hydrogen-bond donors (Lipinski definition) is 1. The standard InChI is InChI=1S/C14H13ClO2/c1-10-8-13(16)5-2-11(10)9-17-14-6-3-12(15)4-7-14/h2-8,16H,9H2,1H3. The number of phenols is 1. The van der Waals surface area contributed by atoms with Gasteiger partial charge in [0.1, 0.15) is 18.1 Å². The number of aryl methyl sites for hydroxylation is 1. The van der Waals surface area contributed by atoms with Crippen molar-refractivity contribution in [2.75, 3.05) is 0 Å². The molecule has 2 aromatic rings. The first-order valence-electron chi connectivity index (χ1n) is 5.32. The molecule has 0 unspecified atom stereocenters. The third kappa shape index (κ3) is 3.14. The average molecular weight is 249 g/mol. The lowest BCUT2D eigenvalue weighted by Gasteiger charge is -2.09. The molecule has 3 heteroatoms. The van der Waals surface area contributed by atoms with Crippen LogP contribution in [0.3, 0.4) is 0 Å². The molecule has 0 saturated heterocycles. The van der Waals surface area contributed by atoms with Gasteiger partial charge in [-0.05, 0) is 54.4 Å². The Hall–Kier alpha value is -1.67. The Labute approximate surface area is 105 Å². The summed E-state index contributed by atoms with van der Waals surface area (Å²) < 4.78 is 5.63. The first kappa shape index (κ1) is 11.8. The fourth-order valence-corrected chi connectivity index (χ4v) is 1.66. The van der Waals surface area contributed by atoms with Crippen LogP contribution in [0.1, 0.15) is 11.1 Å². The van der Waals surface area contributed by atoms with E-state index in [1.54, 1.807) is 24.3 Å². The summed E-state index contributed by atoms with van der Waals surface area (Å²) in [6.45, 7) is 2.42. The third-order valence-corrected chi connectivity index (χ3v) is 2.79. The maximum Gasteiger partial charge on any atom is 0.119 e. The average Bonchev–Trinajstić information content (AvgIpc) is 2.30. The normalized spacial score (nSPS) is 10.2. The van der Waals surface area contributed by atoms with E-state index < -0.39 is 0 Å². The number of phenolic OH excluding ortho intramolecular Hbond substituents is 1. The van der Waals surface area contributed by atoms with Crippen molar-refractivity contribution in [1.82, 2.24) is 0 Å². The molecule has 2 aromatic carbocycles. The zero-order chi connectivity index (χ0) is 12.3. The molecule has 2 rings (SSSR count). The molecule has 0 amide bonds. The molecule has 0 bridgehead atoms. The lowest BCUT2D eigenvalue weighted by molar-refractivity contribution is 0.305. The summed E-state index contributed by atoms with van der Waals surface area (Å²) >= 11 is 5.79.